The molecule has 4 nitrogen and oxygen atoms in total. The third kappa shape index (κ3) is 3.70. The minimum atomic E-state index is -0.495. The van der Waals surface area contributed by atoms with E-state index in [1.807, 2.05) is 22.9 Å². The lowest BCUT2D eigenvalue weighted by molar-refractivity contribution is 0.175. The first-order chi connectivity index (χ1) is 9.20. The lowest BCUT2D eigenvalue weighted by atomic mass is 10.1. The molecule has 0 bridgehead atoms. The first-order valence-corrected chi connectivity index (χ1v) is 6.91. The quantitative estimate of drug-likeness (QED) is 0.759. The molecule has 1 aromatic carbocycles. The molecule has 0 amide bonds. The second-order valence-corrected chi connectivity index (χ2v) is 4.99. The normalized spacial score (nSPS) is 12.3. The van der Waals surface area contributed by atoms with Crippen molar-refractivity contribution in [3.63, 3.8) is 0 Å². The number of thiophene rings is 1. The van der Waals surface area contributed by atoms with E-state index in [1.165, 1.54) is 7.11 Å². The van der Waals surface area contributed by atoms with Crippen molar-refractivity contribution < 1.29 is 14.9 Å². The Kier molecular flexibility index (Phi) is 4.79. The van der Waals surface area contributed by atoms with Crippen molar-refractivity contribution in [2.45, 2.75) is 12.6 Å². The average Bonchev–Trinajstić information content (AvgIpc) is 2.94. The molecule has 19 heavy (non-hydrogen) atoms. The highest BCUT2D eigenvalue weighted by Crippen LogP contribution is 2.26. The van der Waals surface area contributed by atoms with Crippen molar-refractivity contribution in [1.29, 1.82) is 0 Å². The summed E-state index contributed by atoms with van der Waals surface area (Å²) in [6.45, 7) is 1.10. The highest BCUT2D eigenvalue weighted by Gasteiger charge is 2.07. The van der Waals surface area contributed by atoms with Crippen molar-refractivity contribution >= 4 is 11.3 Å². The number of nitrogens with one attached hydrogen (secondary N) is 1. The number of phenols is 1. The first-order valence-electron chi connectivity index (χ1n) is 5.97. The Morgan fingerprint density at radius 3 is 2.89 bits per heavy atom. The number of aromatic hydroxyl groups is 1. The minimum absolute atomic E-state index is 0.129. The third-order valence-corrected chi connectivity index (χ3v) is 3.54. The van der Waals surface area contributed by atoms with E-state index in [2.05, 4.69) is 5.32 Å². The Morgan fingerprint density at radius 2 is 2.21 bits per heavy atom. The Labute approximate surface area is 116 Å². The summed E-state index contributed by atoms with van der Waals surface area (Å²) in [5.74, 6) is 0.585. The smallest absolute Gasteiger partial charge is 0.160 e. The number of aliphatic hydroxyl groups excluding tert-OH is 1. The van der Waals surface area contributed by atoms with Gasteiger partial charge in [-0.1, -0.05) is 6.07 Å². The average molecular weight is 279 g/mol. The monoisotopic (exact) mass is 279 g/mol. The van der Waals surface area contributed by atoms with Gasteiger partial charge in [0.05, 0.1) is 13.2 Å². The number of methoxy groups -OCH3 is 1. The minimum Gasteiger partial charge on any atom is -0.504 e. The van der Waals surface area contributed by atoms with Gasteiger partial charge in [-0.3, -0.25) is 0 Å². The van der Waals surface area contributed by atoms with Gasteiger partial charge in [-0.25, -0.2) is 0 Å². The zero-order valence-corrected chi connectivity index (χ0v) is 11.5. The summed E-state index contributed by atoms with van der Waals surface area (Å²) in [6, 6.07) is 7.12. The van der Waals surface area contributed by atoms with E-state index in [4.69, 9.17) is 4.74 Å². The third-order valence-electron chi connectivity index (χ3n) is 2.84. The zero-order valence-electron chi connectivity index (χ0n) is 10.7. The highest BCUT2D eigenvalue weighted by molar-refractivity contribution is 7.07. The van der Waals surface area contributed by atoms with Crippen LogP contribution in [0, 0.1) is 0 Å². The van der Waals surface area contributed by atoms with Crippen molar-refractivity contribution in [1.82, 2.24) is 5.32 Å². The van der Waals surface area contributed by atoms with Crippen LogP contribution < -0.4 is 10.1 Å². The van der Waals surface area contributed by atoms with Gasteiger partial charge < -0.3 is 20.3 Å². The molecule has 0 spiro atoms. The van der Waals surface area contributed by atoms with Crippen LogP contribution >= 0.6 is 11.3 Å². The Balaban J connectivity index is 1.86. The van der Waals surface area contributed by atoms with Crippen LogP contribution in [0.25, 0.3) is 0 Å². The van der Waals surface area contributed by atoms with E-state index in [-0.39, 0.29) is 5.75 Å². The van der Waals surface area contributed by atoms with Gasteiger partial charge in [0.1, 0.15) is 0 Å². The van der Waals surface area contributed by atoms with Crippen LogP contribution in [-0.4, -0.2) is 23.9 Å². The Hall–Kier alpha value is -1.56. The molecule has 1 unspecified atom stereocenters. The molecule has 2 rings (SSSR count). The second kappa shape index (κ2) is 6.56. The lowest BCUT2D eigenvalue weighted by Crippen LogP contribution is -2.20. The van der Waals surface area contributed by atoms with Gasteiger partial charge in [-0.15, -0.1) is 0 Å². The van der Waals surface area contributed by atoms with Gasteiger partial charge in [0.25, 0.3) is 0 Å². The molecule has 5 heteroatoms. The van der Waals surface area contributed by atoms with Crippen LogP contribution in [0.2, 0.25) is 0 Å². The molecule has 1 heterocycles. The number of hydrogen-bond donors (Lipinski definition) is 3. The largest absolute Gasteiger partial charge is 0.504 e. The Bertz CT molecular complexity index is 513. The molecule has 0 aliphatic heterocycles. The van der Waals surface area contributed by atoms with E-state index in [0.29, 0.717) is 18.8 Å². The van der Waals surface area contributed by atoms with Crippen molar-refractivity contribution in [3.05, 3.63) is 46.2 Å². The van der Waals surface area contributed by atoms with E-state index in [1.54, 1.807) is 23.5 Å². The molecular formula is C14H17NO3S. The Morgan fingerprint density at radius 1 is 1.37 bits per heavy atom. The molecule has 0 saturated carbocycles. The molecule has 0 radical (unpaired) electrons. The number of ether oxygens (including phenoxy) is 1. The van der Waals surface area contributed by atoms with Crippen LogP contribution in [0.3, 0.4) is 0 Å². The number of aliphatic hydroxyl groups is 1. The summed E-state index contributed by atoms with van der Waals surface area (Å²) in [7, 11) is 1.52. The molecule has 0 saturated heterocycles. The van der Waals surface area contributed by atoms with Crippen molar-refractivity contribution in [2.24, 2.45) is 0 Å². The molecular weight excluding hydrogens is 262 g/mol. The topological polar surface area (TPSA) is 61.7 Å². The van der Waals surface area contributed by atoms with Gasteiger partial charge in [0, 0.05) is 13.1 Å². The predicted molar refractivity (Wildman–Crippen MR) is 75.6 cm³/mol. The summed E-state index contributed by atoms with van der Waals surface area (Å²) in [5.41, 5.74) is 1.92. The first kappa shape index (κ1) is 13.9. The van der Waals surface area contributed by atoms with Gasteiger partial charge >= 0.3 is 0 Å². The second-order valence-electron chi connectivity index (χ2n) is 4.21. The maximum absolute atomic E-state index is 9.91. The van der Waals surface area contributed by atoms with E-state index in [0.717, 1.165) is 11.1 Å². The fraction of sp³-hybridized carbons (Fsp3) is 0.286. The summed E-state index contributed by atoms with van der Waals surface area (Å²) >= 11 is 1.57. The van der Waals surface area contributed by atoms with Gasteiger partial charge in [0.15, 0.2) is 11.5 Å². The van der Waals surface area contributed by atoms with E-state index < -0.39 is 6.10 Å². The van der Waals surface area contributed by atoms with Crippen LogP contribution in [0.15, 0.2) is 35.0 Å². The summed E-state index contributed by atoms with van der Waals surface area (Å²) < 4.78 is 5.05. The summed E-state index contributed by atoms with van der Waals surface area (Å²) in [6.07, 6.45) is -0.495. The van der Waals surface area contributed by atoms with Crippen LogP contribution in [0.1, 0.15) is 17.2 Å². The summed E-state index contributed by atoms with van der Waals surface area (Å²) in [4.78, 5) is 0. The number of benzene rings is 1. The van der Waals surface area contributed by atoms with Gasteiger partial charge in [0.2, 0.25) is 0 Å². The molecule has 1 atom stereocenters. The fourth-order valence-corrected chi connectivity index (χ4v) is 2.47. The van der Waals surface area contributed by atoms with E-state index >= 15 is 0 Å². The maximum atomic E-state index is 9.91. The lowest BCUT2D eigenvalue weighted by Gasteiger charge is -2.11. The zero-order chi connectivity index (χ0) is 13.7. The standard InChI is InChI=1S/C14H17NO3S/c1-18-14-6-10(2-3-12(14)16)7-15-8-13(17)11-4-5-19-9-11/h2-6,9,13,15-17H,7-8H2,1H3. The van der Waals surface area contributed by atoms with Gasteiger partial charge in [-0.05, 0) is 40.1 Å². The summed E-state index contributed by atoms with van der Waals surface area (Å²) in [5, 5.41) is 26.5. The fourth-order valence-electron chi connectivity index (χ4n) is 1.77. The number of hydrogen-bond acceptors (Lipinski definition) is 5. The van der Waals surface area contributed by atoms with Crippen molar-refractivity contribution in [3.8, 4) is 11.5 Å². The number of rotatable bonds is 6. The SMILES string of the molecule is COc1cc(CNCC(O)c2ccsc2)ccc1O. The van der Waals surface area contributed by atoms with Crippen LogP contribution in [-0.2, 0) is 6.54 Å². The molecule has 0 aliphatic carbocycles. The molecule has 2 aromatic rings. The highest BCUT2D eigenvalue weighted by atomic mass is 32.1. The number of phenolic OH excluding ortho intramolecular Hbond substituents is 1. The maximum Gasteiger partial charge on any atom is 0.160 e. The van der Waals surface area contributed by atoms with Crippen LogP contribution in [0.4, 0.5) is 0 Å². The molecule has 0 aliphatic rings. The van der Waals surface area contributed by atoms with Crippen LogP contribution in [0.5, 0.6) is 11.5 Å². The molecule has 1 aromatic heterocycles. The van der Waals surface area contributed by atoms with Gasteiger partial charge in [-0.2, -0.15) is 11.3 Å². The molecule has 0 fully saturated rings. The van der Waals surface area contributed by atoms with Crippen molar-refractivity contribution in [2.75, 3.05) is 13.7 Å². The molecule has 102 valence electrons. The van der Waals surface area contributed by atoms with E-state index in [9.17, 15) is 10.2 Å². The molecule has 3 N–H and O–H groups in total. The predicted octanol–water partition coefficient (Wildman–Crippen LogP) is 2.29.